The molecule has 5 nitrogen and oxygen atoms in total. The van der Waals surface area contributed by atoms with E-state index in [0.717, 1.165) is 32.1 Å². The molecule has 1 saturated carbocycles. The van der Waals surface area contributed by atoms with Gasteiger partial charge in [-0.15, -0.1) is 6.58 Å². The number of allylic oxidation sites excluding steroid dienone is 1. The Morgan fingerprint density at radius 3 is 2.52 bits per heavy atom. The van der Waals surface area contributed by atoms with Crippen LogP contribution in [0.1, 0.15) is 52.4 Å². The summed E-state index contributed by atoms with van der Waals surface area (Å²) in [4.78, 5) is 11.4. The summed E-state index contributed by atoms with van der Waals surface area (Å²) in [5.41, 5.74) is 0. The lowest BCUT2D eigenvalue weighted by atomic mass is 9.87. The topological polar surface area (TPSA) is 46.2 Å². The summed E-state index contributed by atoms with van der Waals surface area (Å²) >= 11 is 0. The summed E-state index contributed by atoms with van der Waals surface area (Å²) in [6.45, 7) is 9.19. The molecule has 3 rings (SSSR count). The third-order valence-corrected chi connectivity index (χ3v) is 4.90. The Balaban J connectivity index is 1.74. The summed E-state index contributed by atoms with van der Waals surface area (Å²) in [6.07, 6.45) is 6.90. The molecule has 2 aliphatic heterocycles. The van der Waals surface area contributed by atoms with Crippen LogP contribution < -0.4 is 0 Å². The van der Waals surface area contributed by atoms with Crippen molar-refractivity contribution in [2.75, 3.05) is 13.2 Å². The largest absolute Gasteiger partial charge is 0.347 e. The Morgan fingerprint density at radius 2 is 1.86 bits per heavy atom. The van der Waals surface area contributed by atoms with Crippen LogP contribution in [0.25, 0.3) is 0 Å². The Hall–Kier alpha value is -0.460. The van der Waals surface area contributed by atoms with E-state index in [0.29, 0.717) is 19.6 Å². The van der Waals surface area contributed by atoms with Crippen LogP contribution in [-0.4, -0.2) is 30.6 Å². The second kappa shape index (κ2) is 5.63. The van der Waals surface area contributed by atoms with Crippen molar-refractivity contribution < 1.29 is 24.0 Å². The quantitative estimate of drug-likeness (QED) is 0.588. The normalized spacial score (nSPS) is 39.9. The molecule has 3 fully saturated rings. The van der Waals surface area contributed by atoms with Gasteiger partial charge in [-0.3, -0.25) is 0 Å². The molecular weight excluding hydrogens is 272 g/mol. The van der Waals surface area contributed by atoms with Gasteiger partial charge >= 0.3 is 0 Å². The molecular formula is C16H26O5. The van der Waals surface area contributed by atoms with Gasteiger partial charge < -0.3 is 14.2 Å². The van der Waals surface area contributed by atoms with Gasteiger partial charge in [-0.25, -0.2) is 0 Å². The molecule has 2 spiro atoms. The fourth-order valence-electron chi connectivity index (χ4n) is 3.78. The molecule has 1 aliphatic carbocycles. The van der Waals surface area contributed by atoms with Crippen molar-refractivity contribution in [2.45, 2.75) is 69.7 Å². The molecule has 21 heavy (non-hydrogen) atoms. The zero-order valence-electron chi connectivity index (χ0n) is 13.1. The average molecular weight is 298 g/mol. The maximum absolute atomic E-state index is 6.32. The number of hydrogen-bond donors (Lipinski definition) is 0. The first-order valence-corrected chi connectivity index (χ1v) is 8.01. The van der Waals surface area contributed by atoms with E-state index < -0.39 is 17.4 Å². The first-order chi connectivity index (χ1) is 10.1. The standard InChI is InChI=1S/C16H26O5/c1-4-7-13(5-2)14(3)19-16(21-20-14)9-6-8-15(12-16)17-10-11-18-15/h4,13H,1,5-12H2,2-3H3. The smallest absolute Gasteiger partial charge is 0.210 e. The number of ether oxygens (including phenoxy) is 3. The van der Waals surface area contributed by atoms with Crippen LogP contribution in [0.2, 0.25) is 0 Å². The molecule has 5 heteroatoms. The van der Waals surface area contributed by atoms with Crippen LogP contribution in [-0.2, 0) is 24.0 Å². The van der Waals surface area contributed by atoms with Crippen LogP contribution in [0.15, 0.2) is 12.7 Å². The average Bonchev–Trinajstić information content (AvgIpc) is 3.02. The molecule has 3 atom stereocenters. The first kappa shape index (κ1) is 15.4. The van der Waals surface area contributed by atoms with Crippen LogP contribution >= 0.6 is 0 Å². The molecule has 3 unspecified atom stereocenters. The maximum Gasteiger partial charge on any atom is 0.210 e. The number of hydrogen-bond acceptors (Lipinski definition) is 5. The highest BCUT2D eigenvalue weighted by Crippen LogP contribution is 2.50. The lowest BCUT2D eigenvalue weighted by Gasteiger charge is -2.40. The summed E-state index contributed by atoms with van der Waals surface area (Å²) in [7, 11) is 0. The van der Waals surface area contributed by atoms with Crippen molar-refractivity contribution >= 4 is 0 Å². The van der Waals surface area contributed by atoms with E-state index in [2.05, 4.69) is 13.5 Å². The van der Waals surface area contributed by atoms with E-state index in [1.165, 1.54) is 0 Å². The van der Waals surface area contributed by atoms with E-state index in [1.807, 2.05) is 13.0 Å². The zero-order valence-corrected chi connectivity index (χ0v) is 13.1. The van der Waals surface area contributed by atoms with Crippen molar-refractivity contribution in [2.24, 2.45) is 5.92 Å². The molecule has 120 valence electrons. The van der Waals surface area contributed by atoms with Gasteiger partial charge in [0.15, 0.2) is 5.79 Å². The molecule has 0 bridgehead atoms. The molecule has 0 aromatic rings. The minimum atomic E-state index is -0.744. The van der Waals surface area contributed by atoms with E-state index in [-0.39, 0.29) is 5.92 Å². The fourth-order valence-corrected chi connectivity index (χ4v) is 3.78. The monoisotopic (exact) mass is 298 g/mol. The molecule has 0 aromatic heterocycles. The third kappa shape index (κ3) is 2.78. The third-order valence-electron chi connectivity index (χ3n) is 4.90. The lowest BCUT2D eigenvalue weighted by molar-refractivity contribution is -0.372. The highest BCUT2D eigenvalue weighted by Gasteiger charge is 2.59. The Labute approximate surface area is 126 Å². The molecule has 0 aromatic carbocycles. The van der Waals surface area contributed by atoms with Gasteiger partial charge in [0.05, 0.1) is 19.6 Å². The van der Waals surface area contributed by atoms with E-state index in [4.69, 9.17) is 24.0 Å². The minimum absolute atomic E-state index is 0.220. The summed E-state index contributed by atoms with van der Waals surface area (Å²) < 4.78 is 18.0. The van der Waals surface area contributed by atoms with Crippen LogP contribution in [0.3, 0.4) is 0 Å². The van der Waals surface area contributed by atoms with Crippen molar-refractivity contribution in [1.82, 2.24) is 0 Å². The van der Waals surface area contributed by atoms with E-state index >= 15 is 0 Å². The number of rotatable bonds is 4. The summed E-state index contributed by atoms with van der Waals surface area (Å²) in [5, 5.41) is 0. The fraction of sp³-hybridized carbons (Fsp3) is 0.875. The Morgan fingerprint density at radius 1 is 1.14 bits per heavy atom. The molecule has 2 saturated heterocycles. The van der Waals surface area contributed by atoms with Gasteiger partial charge in [0, 0.05) is 18.8 Å². The second-order valence-corrected chi connectivity index (χ2v) is 6.46. The highest BCUT2D eigenvalue weighted by atomic mass is 17.3. The predicted octanol–water partition coefficient (Wildman–Crippen LogP) is 3.30. The van der Waals surface area contributed by atoms with Gasteiger partial charge in [0.25, 0.3) is 0 Å². The second-order valence-electron chi connectivity index (χ2n) is 6.46. The predicted molar refractivity (Wildman–Crippen MR) is 76.1 cm³/mol. The lowest BCUT2D eigenvalue weighted by Crippen LogP contribution is -2.49. The van der Waals surface area contributed by atoms with Crippen LogP contribution in [0.5, 0.6) is 0 Å². The van der Waals surface area contributed by atoms with Gasteiger partial charge in [-0.1, -0.05) is 13.0 Å². The maximum atomic E-state index is 6.32. The van der Waals surface area contributed by atoms with Gasteiger partial charge in [-0.2, -0.15) is 9.78 Å². The van der Waals surface area contributed by atoms with E-state index in [1.54, 1.807) is 0 Å². The molecule has 2 heterocycles. The SMILES string of the molecule is C=CCC(CC)C1(C)OOC2(CCCC3(C2)OCCO3)O1. The van der Waals surface area contributed by atoms with E-state index in [9.17, 15) is 0 Å². The Kier molecular flexibility index (Phi) is 4.14. The van der Waals surface area contributed by atoms with Crippen LogP contribution in [0.4, 0.5) is 0 Å². The van der Waals surface area contributed by atoms with Gasteiger partial charge in [0.1, 0.15) is 0 Å². The first-order valence-electron chi connectivity index (χ1n) is 8.01. The summed E-state index contributed by atoms with van der Waals surface area (Å²) in [6, 6.07) is 0. The zero-order chi connectivity index (χ0) is 15.0. The van der Waals surface area contributed by atoms with Gasteiger partial charge in [0.2, 0.25) is 11.6 Å². The summed E-state index contributed by atoms with van der Waals surface area (Å²) in [5.74, 6) is -1.81. The van der Waals surface area contributed by atoms with Crippen LogP contribution in [0, 0.1) is 5.92 Å². The van der Waals surface area contributed by atoms with Crippen molar-refractivity contribution in [3.05, 3.63) is 12.7 Å². The van der Waals surface area contributed by atoms with Crippen molar-refractivity contribution in [1.29, 1.82) is 0 Å². The van der Waals surface area contributed by atoms with Crippen molar-refractivity contribution in [3.8, 4) is 0 Å². The van der Waals surface area contributed by atoms with Gasteiger partial charge in [-0.05, 0) is 26.2 Å². The highest BCUT2D eigenvalue weighted by molar-refractivity contribution is 4.93. The Bertz CT molecular complexity index is 392. The molecule has 0 N–H and O–H groups in total. The molecule has 0 amide bonds. The van der Waals surface area contributed by atoms with Crippen molar-refractivity contribution in [3.63, 3.8) is 0 Å². The molecule has 3 aliphatic rings. The molecule has 0 radical (unpaired) electrons. The minimum Gasteiger partial charge on any atom is -0.347 e.